The summed E-state index contributed by atoms with van der Waals surface area (Å²) in [6.45, 7) is 1.37. The standard InChI is InChI=1S/C20H16N2O6S/c1-11-4-2-3-5-12(11)8-16-18(25)22(20(28)29-16)10-17(24)21-13-6-7-15(23)14(9-13)19(26)27/h2-9,23H,10H2,1H3,(H,21,24)(H,26,27)/b16-8-. The summed E-state index contributed by atoms with van der Waals surface area (Å²) < 4.78 is 0. The molecule has 0 bridgehead atoms. The Balaban J connectivity index is 1.72. The van der Waals surface area contributed by atoms with Gasteiger partial charge in [-0.2, -0.15) is 0 Å². The highest BCUT2D eigenvalue weighted by Crippen LogP contribution is 2.32. The van der Waals surface area contributed by atoms with Crippen molar-refractivity contribution in [1.82, 2.24) is 4.90 Å². The van der Waals surface area contributed by atoms with Gasteiger partial charge in [-0.15, -0.1) is 0 Å². The van der Waals surface area contributed by atoms with Crippen LogP contribution in [-0.2, 0) is 9.59 Å². The molecule has 0 saturated carbocycles. The van der Waals surface area contributed by atoms with Crippen LogP contribution in [0.15, 0.2) is 47.4 Å². The van der Waals surface area contributed by atoms with E-state index in [1.807, 2.05) is 31.2 Å². The molecule has 1 aliphatic rings. The van der Waals surface area contributed by atoms with Crippen LogP contribution in [0.3, 0.4) is 0 Å². The Kier molecular flexibility index (Phi) is 5.69. The molecule has 0 aliphatic carbocycles. The van der Waals surface area contributed by atoms with Crippen LogP contribution in [0.5, 0.6) is 5.75 Å². The van der Waals surface area contributed by atoms with Gasteiger partial charge in [-0.05, 0) is 54.1 Å². The van der Waals surface area contributed by atoms with Gasteiger partial charge in [0.15, 0.2) is 0 Å². The van der Waals surface area contributed by atoms with Crippen molar-refractivity contribution in [1.29, 1.82) is 0 Å². The number of aryl methyl sites for hydroxylation is 1. The van der Waals surface area contributed by atoms with Crippen molar-refractivity contribution >= 4 is 46.5 Å². The summed E-state index contributed by atoms with van der Waals surface area (Å²) in [5.74, 6) is -3.05. The van der Waals surface area contributed by atoms with Crippen molar-refractivity contribution < 1.29 is 29.4 Å². The summed E-state index contributed by atoms with van der Waals surface area (Å²) in [4.78, 5) is 49.1. The summed E-state index contributed by atoms with van der Waals surface area (Å²) in [7, 11) is 0. The molecule has 0 spiro atoms. The van der Waals surface area contributed by atoms with Crippen LogP contribution in [0.4, 0.5) is 10.5 Å². The zero-order valence-corrected chi connectivity index (χ0v) is 16.0. The van der Waals surface area contributed by atoms with Crippen molar-refractivity contribution in [3.8, 4) is 5.75 Å². The van der Waals surface area contributed by atoms with E-state index < -0.39 is 35.3 Å². The maximum absolute atomic E-state index is 12.5. The number of carboxylic acids is 1. The summed E-state index contributed by atoms with van der Waals surface area (Å²) in [6, 6.07) is 10.9. The highest BCUT2D eigenvalue weighted by Gasteiger charge is 2.36. The monoisotopic (exact) mass is 412 g/mol. The number of thioether (sulfide) groups is 1. The molecule has 3 amide bonds. The van der Waals surface area contributed by atoms with Crippen LogP contribution < -0.4 is 5.32 Å². The molecule has 1 fully saturated rings. The zero-order valence-electron chi connectivity index (χ0n) is 15.2. The Morgan fingerprint density at radius 3 is 2.59 bits per heavy atom. The predicted octanol–water partition coefficient (Wildman–Crippen LogP) is 3.07. The molecule has 1 heterocycles. The molecule has 8 nitrogen and oxygen atoms in total. The minimum Gasteiger partial charge on any atom is -0.507 e. The number of nitrogens with one attached hydrogen (secondary N) is 1. The van der Waals surface area contributed by atoms with Gasteiger partial charge in [0.05, 0.1) is 4.91 Å². The second-order valence-corrected chi connectivity index (χ2v) is 7.20. The molecule has 1 saturated heterocycles. The fourth-order valence-electron chi connectivity index (χ4n) is 2.66. The van der Waals surface area contributed by atoms with Crippen LogP contribution in [0.1, 0.15) is 21.5 Å². The van der Waals surface area contributed by atoms with Crippen LogP contribution in [0.25, 0.3) is 6.08 Å². The number of carbonyl (C=O) groups is 4. The number of hydrogen-bond acceptors (Lipinski definition) is 6. The van der Waals surface area contributed by atoms with Crippen molar-refractivity contribution in [3.05, 3.63) is 64.1 Å². The van der Waals surface area contributed by atoms with E-state index in [9.17, 15) is 24.3 Å². The number of carbonyl (C=O) groups excluding carboxylic acids is 3. The lowest BCUT2D eigenvalue weighted by molar-refractivity contribution is -0.127. The van der Waals surface area contributed by atoms with Gasteiger partial charge >= 0.3 is 5.97 Å². The van der Waals surface area contributed by atoms with E-state index in [4.69, 9.17) is 5.11 Å². The predicted molar refractivity (Wildman–Crippen MR) is 108 cm³/mol. The quantitative estimate of drug-likeness (QED) is 0.509. The topological polar surface area (TPSA) is 124 Å². The Morgan fingerprint density at radius 1 is 1.17 bits per heavy atom. The summed E-state index contributed by atoms with van der Waals surface area (Å²) >= 11 is 0.750. The third kappa shape index (κ3) is 4.46. The summed E-state index contributed by atoms with van der Waals surface area (Å²) in [5, 5.41) is 20.4. The number of aromatic carboxylic acids is 1. The maximum Gasteiger partial charge on any atom is 0.339 e. The van der Waals surface area contributed by atoms with Gasteiger partial charge in [-0.1, -0.05) is 24.3 Å². The third-order valence-electron chi connectivity index (χ3n) is 4.16. The van der Waals surface area contributed by atoms with Gasteiger partial charge < -0.3 is 15.5 Å². The Morgan fingerprint density at radius 2 is 1.90 bits per heavy atom. The minimum absolute atomic E-state index is 0.118. The van der Waals surface area contributed by atoms with Gasteiger partial charge in [-0.25, -0.2) is 4.79 Å². The molecule has 148 valence electrons. The number of anilines is 1. The number of phenols is 1. The number of aromatic hydroxyl groups is 1. The number of rotatable bonds is 5. The van der Waals surface area contributed by atoms with Gasteiger partial charge in [0.25, 0.3) is 11.1 Å². The van der Waals surface area contributed by atoms with Crippen LogP contribution in [0.2, 0.25) is 0 Å². The summed E-state index contributed by atoms with van der Waals surface area (Å²) in [6.07, 6.45) is 1.61. The van der Waals surface area contributed by atoms with Crippen LogP contribution >= 0.6 is 11.8 Å². The largest absolute Gasteiger partial charge is 0.507 e. The van der Waals surface area contributed by atoms with E-state index >= 15 is 0 Å². The lowest BCUT2D eigenvalue weighted by Crippen LogP contribution is -2.36. The first-order valence-corrected chi connectivity index (χ1v) is 9.25. The number of hydrogen-bond donors (Lipinski definition) is 3. The minimum atomic E-state index is -1.36. The fourth-order valence-corrected chi connectivity index (χ4v) is 3.48. The van der Waals surface area contributed by atoms with E-state index in [1.165, 1.54) is 6.07 Å². The molecule has 1 aliphatic heterocycles. The van der Waals surface area contributed by atoms with Crippen LogP contribution in [0, 0.1) is 6.92 Å². The second-order valence-electron chi connectivity index (χ2n) is 6.21. The molecule has 2 aromatic rings. The first-order valence-electron chi connectivity index (χ1n) is 8.43. The molecule has 2 aromatic carbocycles. The highest BCUT2D eigenvalue weighted by atomic mass is 32.2. The Hall–Kier alpha value is -3.59. The molecular formula is C20H16N2O6S. The van der Waals surface area contributed by atoms with Gasteiger partial charge in [0.2, 0.25) is 5.91 Å². The van der Waals surface area contributed by atoms with Crippen molar-refractivity contribution in [2.45, 2.75) is 6.92 Å². The molecule has 0 unspecified atom stereocenters. The van der Waals surface area contributed by atoms with E-state index in [1.54, 1.807) is 6.08 Å². The van der Waals surface area contributed by atoms with E-state index in [-0.39, 0.29) is 16.2 Å². The lowest BCUT2D eigenvalue weighted by Gasteiger charge is -2.13. The number of amides is 3. The average molecular weight is 412 g/mol. The molecule has 3 rings (SSSR count). The van der Waals surface area contributed by atoms with E-state index in [0.29, 0.717) is 0 Å². The fraction of sp³-hybridized carbons (Fsp3) is 0.100. The molecule has 29 heavy (non-hydrogen) atoms. The molecular weight excluding hydrogens is 396 g/mol. The third-order valence-corrected chi connectivity index (χ3v) is 5.07. The van der Waals surface area contributed by atoms with E-state index in [2.05, 4.69) is 5.32 Å². The average Bonchev–Trinajstić information content (AvgIpc) is 2.92. The SMILES string of the molecule is Cc1ccccc1/C=C1\SC(=O)N(CC(=O)Nc2ccc(O)c(C(=O)O)c2)C1=O. The first kappa shape index (κ1) is 20.2. The molecule has 3 N–H and O–H groups in total. The second kappa shape index (κ2) is 8.19. The number of nitrogens with zero attached hydrogens (tertiary/aromatic N) is 1. The number of carboxylic acid groups (broad SMARTS) is 1. The molecule has 9 heteroatoms. The van der Waals surface area contributed by atoms with Crippen molar-refractivity contribution in [2.75, 3.05) is 11.9 Å². The first-order chi connectivity index (χ1) is 13.8. The molecule has 0 aromatic heterocycles. The van der Waals surface area contributed by atoms with Crippen molar-refractivity contribution in [2.24, 2.45) is 0 Å². The van der Waals surface area contributed by atoms with Gasteiger partial charge in [0.1, 0.15) is 17.9 Å². The zero-order chi connectivity index (χ0) is 21.1. The summed E-state index contributed by atoms with van der Waals surface area (Å²) in [5.41, 5.74) is 1.48. The smallest absolute Gasteiger partial charge is 0.339 e. The Labute approximate surface area is 169 Å². The van der Waals surface area contributed by atoms with Crippen LogP contribution in [-0.4, -0.2) is 44.7 Å². The van der Waals surface area contributed by atoms with Crippen molar-refractivity contribution in [3.63, 3.8) is 0 Å². The lowest BCUT2D eigenvalue weighted by atomic mass is 10.1. The number of benzene rings is 2. The normalized spacial score (nSPS) is 15.1. The van der Waals surface area contributed by atoms with Gasteiger partial charge in [-0.3, -0.25) is 19.3 Å². The highest BCUT2D eigenvalue weighted by molar-refractivity contribution is 8.18. The molecule has 0 radical (unpaired) electrons. The number of imide groups is 1. The van der Waals surface area contributed by atoms with E-state index in [0.717, 1.165) is 39.9 Å². The Bertz CT molecular complexity index is 1060. The maximum atomic E-state index is 12.5. The molecule has 0 atom stereocenters. The van der Waals surface area contributed by atoms with Gasteiger partial charge in [0, 0.05) is 5.69 Å².